The van der Waals surface area contributed by atoms with Crippen molar-refractivity contribution in [3.05, 3.63) is 64.5 Å². The van der Waals surface area contributed by atoms with Gasteiger partial charge in [-0.2, -0.15) is 5.26 Å². The van der Waals surface area contributed by atoms with Crippen LogP contribution in [0, 0.1) is 31.0 Å². The van der Waals surface area contributed by atoms with Crippen molar-refractivity contribution in [2.45, 2.75) is 20.4 Å². The van der Waals surface area contributed by atoms with Crippen molar-refractivity contribution < 1.29 is 4.39 Å². The highest BCUT2D eigenvalue weighted by molar-refractivity contribution is 5.58. The first kappa shape index (κ1) is 13.1. The van der Waals surface area contributed by atoms with Crippen LogP contribution in [0.4, 0.5) is 10.1 Å². The Morgan fingerprint density at radius 1 is 1.16 bits per heavy atom. The van der Waals surface area contributed by atoms with Crippen LogP contribution in [-0.4, -0.2) is 0 Å². The molecule has 0 aliphatic carbocycles. The number of nitrogens with one attached hydrogen (secondary N) is 1. The van der Waals surface area contributed by atoms with Crippen LogP contribution in [-0.2, 0) is 6.54 Å². The van der Waals surface area contributed by atoms with E-state index in [1.807, 2.05) is 12.1 Å². The number of anilines is 1. The molecule has 0 saturated carbocycles. The monoisotopic (exact) mass is 254 g/mol. The van der Waals surface area contributed by atoms with Gasteiger partial charge < -0.3 is 5.32 Å². The van der Waals surface area contributed by atoms with E-state index in [1.54, 1.807) is 6.07 Å². The number of aryl methyl sites for hydroxylation is 2. The third-order valence-electron chi connectivity index (χ3n) is 3.20. The maximum absolute atomic E-state index is 13.0. The van der Waals surface area contributed by atoms with Gasteiger partial charge in [-0.15, -0.1) is 0 Å². The first-order valence-corrected chi connectivity index (χ1v) is 6.10. The Labute approximate surface area is 112 Å². The molecule has 3 heteroatoms. The van der Waals surface area contributed by atoms with Crippen LogP contribution >= 0.6 is 0 Å². The second-order valence-electron chi connectivity index (χ2n) is 4.53. The SMILES string of the molecule is Cc1cccc(C)c1CNc1ccc(F)cc1C#N. The van der Waals surface area contributed by atoms with E-state index >= 15 is 0 Å². The van der Waals surface area contributed by atoms with Crippen molar-refractivity contribution in [3.63, 3.8) is 0 Å². The Hall–Kier alpha value is -2.34. The zero-order chi connectivity index (χ0) is 13.8. The molecule has 0 aromatic heterocycles. The van der Waals surface area contributed by atoms with E-state index in [0.717, 1.165) is 0 Å². The summed E-state index contributed by atoms with van der Waals surface area (Å²) in [5.74, 6) is -0.394. The van der Waals surface area contributed by atoms with Crippen LogP contribution in [0.3, 0.4) is 0 Å². The molecule has 0 atom stereocenters. The van der Waals surface area contributed by atoms with E-state index in [2.05, 4.69) is 31.3 Å². The fourth-order valence-corrected chi connectivity index (χ4v) is 2.07. The highest BCUT2D eigenvalue weighted by Crippen LogP contribution is 2.19. The fraction of sp³-hybridized carbons (Fsp3) is 0.188. The predicted molar refractivity (Wildman–Crippen MR) is 74.4 cm³/mol. The third-order valence-corrected chi connectivity index (χ3v) is 3.20. The second-order valence-corrected chi connectivity index (χ2v) is 4.53. The Morgan fingerprint density at radius 3 is 2.47 bits per heavy atom. The molecular formula is C16H15FN2. The minimum Gasteiger partial charge on any atom is -0.380 e. The Kier molecular flexibility index (Phi) is 3.82. The van der Waals surface area contributed by atoms with Crippen LogP contribution in [0.15, 0.2) is 36.4 Å². The molecule has 0 spiro atoms. The number of nitriles is 1. The molecule has 0 aliphatic rings. The topological polar surface area (TPSA) is 35.8 Å². The molecule has 1 N–H and O–H groups in total. The van der Waals surface area contributed by atoms with Crippen molar-refractivity contribution in [2.24, 2.45) is 0 Å². The van der Waals surface area contributed by atoms with Crippen molar-refractivity contribution >= 4 is 5.69 Å². The minimum absolute atomic E-state index is 0.325. The standard InChI is InChI=1S/C16H15FN2/c1-11-4-3-5-12(2)15(11)10-19-16-7-6-14(17)8-13(16)9-18/h3-8,19H,10H2,1-2H3. The Balaban J connectivity index is 2.22. The number of benzene rings is 2. The highest BCUT2D eigenvalue weighted by Gasteiger charge is 2.06. The van der Waals surface area contributed by atoms with Crippen molar-refractivity contribution in [2.75, 3.05) is 5.32 Å². The summed E-state index contributed by atoms with van der Waals surface area (Å²) in [5, 5.41) is 12.2. The second kappa shape index (κ2) is 5.53. The number of rotatable bonds is 3. The van der Waals surface area contributed by atoms with Gasteiger partial charge in [-0.3, -0.25) is 0 Å². The summed E-state index contributed by atoms with van der Waals surface area (Å²) in [7, 11) is 0. The Morgan fingerprint density at radius 2 is 1.84 bits per heavy atom. The molecule has 96 valence electrons. The molecule has 2 aromatic carbocycles. The lowest BCUT2D eigenvalue weighted by molar-refractivity contribution is 0.627. The van der Waals surface area contributed by atoms with Crippen LogP contribution in [0.25, 0.3) is 0 Å². The smallest absolute Gasteiger partial charge is 0.124 e. The molecule has 0 unspecified atom stereocenters. The van der Waals surface area contributed by atoms with Crippen LogP contribution in [0.5, 0.6) is 0 Å². The normalized spacial score (nSPS) is 10.0. The lowest BCUT2D eigenvalue weighted by atomic mass is 10.0. The maximum Gasteiger partial charge on any atom is 0.124 e. The van der Waals surface area contributed by atoms with Gasteiger partial charge in [0.1, 0.15) is 11.9 Å². The van der Waals surface area contributed by atoms with Gasteiger partial charge in [-0.25, -0.2) is 4.39 Å². The molecular weight excluding hydrogens is 239 g/mol. The molecule has 0 fully saturated rings. The zero-order valence-corrected chi connectivity index (χ0v) is 11.0. The maximum atomic E-state index is 13.0. The van der Waals surface area contributed by atoms with Gasteiger partial charge >= 0.3 is 0 Å². The van der Waals surface area contributed by atoms with E-state index in [1.165, 1.54) is 28.8 Å². The number of nitrogens with zero attached hydrogens (tertiary/aromatic N) is 1. The van der Waals surface area contributed by atoms with Gasteiger partial charge in [0.15, 0.2) is 0 Å². The first-order chi connectivity index (χ1) is 9.11. The molecule has 2 nitrogen and oxygen atoms in total. The molecule has 2 aromatic rings. The summed E-state index contributed by atoms with van der Waals surface area (Å²) < 4.78 is 13.0. The third kappa shape index (κ3) is 2.92. The van der Waals surface area contributed by atoms with Crippen molar-refractivity contribution in [1.82, 2.24) is 0 Å². The van der Waals surface area contributed by atoms with Crippen LogP contribution < -0.4 is 5.32 Å². The van der Waals surface area contributed by atoms with E-state index in [9.17, 15) is 4.39 Å². The van der Waals surface area contributed by atoms with Crippen LogP contribution in [0.1, 0.15) is 22.3 Å². The van der Waals surface area contributed by atoms with Gasteiger partial charge in [0, 0.05) is 6.54 Å². The summed E-state index contributed by atoms with van der Waals surface area (Å²) in [6.07, 6.45) is 0. The molecule has 2 rings (SSSR count). The van der Waals surface area contributed by atoms with E-state index < -0.39 is 5.82 Å². The largest absolute Gasteiger partial charge is 0.380 e. The van der Waals surface area contributed by atoms with E-state index in [4.69, 9.17) is 5.26 Å². The van der Waals surface area contributed by atoms with Crippen LogP contribution in [0.2, 0.25) is 0 Å². The average molecular weight is 254 g/mol. The summed E-state index contributed by atoms with van der Waals surface area (Å²) in [5.41, 5.74) is 4.59. The predicted octanol–water partition coefficient (Wildman–Crippen LogP) is 3.93. The van der Waals surface area contributed by atoms with E-state index in [0.29, 0.717) is 17.8 Å². The highest BCUT2D eigenvalue weighted by atomic mass is 19.1. The van der Waals surface area contributed by atoms with Crippen molar-refractivity contribution in [1.29, 1.82) is 5.26 Å². The van der Waals surface area contributed by atoms with Gasteiger partial charge in [0.25, 0.3) is 0 Å². The molecule has 0 aliphatic heterocycles. The molecule has 0 amide bonds. The molecule has 0 bridgehead atoms. The first-order valence-electron chi connectivity index (χ1n) is 6.10. The summed E-state index contributed by atoms with van der Waals surface area (Å²) in [6.45, 7) is 4.73. The fourth-order valence-electron chi connectivity index (χ4n) is 2.07. The van der Waals surface area contributed by atoms with Gasteiger partial charge in [-0.05, 0) is 48.7 Å². The zero-order valence-electron chi connectivity index (χ0n) is 11.0. The summed E-state index contributed by atoms with van der Waals surface area (Å²) in [4.78, 5) is 0. The molecule has 0 saturated heterocycles. The average Bonchev–Trinajstić information content (AvgIpc) is 2.39. The number of hydrogen-bond donors (Lipinski definition) is 1. The van der Waals surface area contributed by atoms with Gasteiger partial charge in [0.05, 0.1) is 11.3 Å². The number of hydrogen-bond acceptors (Lipinski definition) is 2. The van der Waals surface area contributed by atoms with Gasteiger partial charge in [0.2, 0.25) is 0 Å². The molecule has 0 radical (unpaired) electrons. The summed E-state index contributed by atoms with van der Waals surface area (Å²) >= 11 is 0. The quantitative estimate of drug-likeness (QED) is 0.900. The minimum atomic E-state index is -0.394. The molecule has 0 heterocycles. The Bertz CT molecular complexity index is 621. The van der Waals surface area contributed by atoms with Gasteiger partial charge in [-0.1, -0.05) is 18.2 Å². The molecule has 19 heavy (non-hydrogen) atoms. The van der Waals surface area contributed by atoms with Crippen molar-refractivity contribution in [3.8, 4) is 6.07 Å². The lowest BCUT2D eigenvalue weighted by Gasteiger charge is -2.12. The lowest BCUT2D eigenvalue weighted by Crippen LogP contribution is -2.05. The van der Waals surface area contributed by atoms with E-state index in [-0.39, 0.29) is 0 Å². The summed E-state index contributed by atoms with van der Waals surface area (Å²) in [6, 6.07) is 12.3. The number of halogens is 1.